The molecule has 0 atom stereocenters. The molecule has 7 nitrogen and oxygen atoms in total. The molecular formula is C16H33IN6O. The zero-order valence-electron chi connectivity index (χ0n) is 15.8. The van der Waals surface area contributed by atoms with Gasteiger partial charge in [-0.05, 0) is 27.3 Å². The van der Waals surface area contributed by atoms with Gasteiger partial charge in [0.15, 0.2) is 5.96 Å². The number of ether oxygens (including phenoxy) is 1. The number of likely N-dealkylation sites (N-methyl/N-ethyl adjacent to an activating group) is 1. The second-order valence-electron chi connectivity index (χ2n) is 5.78. The van der Waals surface area contributed by atoms with Crippen molar-refractivity contribution in [2.75, 3.05) is 47.4 Å². The number of nitrogens with zero attached hydrogens (tertiary/aromatic N) is 4. The van der Waals surface area contributed by atoms with Crippen molar-refractivity contribution in [3.8, 4) is 0 Å². The molecule has 0 spiro atoms. The summed E-state index contributed by atoms with van der Waals surface area (Å²) in [5.74, 6) is 0.818. The van der Waals surface area contributed by atoms with Crippen molar-refractivity contribution < 1.29 is 4.74 Å². The van der Waals surface area contributed by atoms with Crippen LogP contribution < -0.4 is 10.6 Å². The Morgan fingerprint density at radius 2 is 2.00 bits per heavy atom. The van der Waals surface area contributed by atoms with E-state index >= 15 is 0 Å². The lowest BCUT2D eigenvalue weighted by atomic mass is 10.2. The van der Waals surface area contributed by atoms with Crippen molar-refractivity contribution in [1.82, 2.24) is 25.3 Å². The summed E-state index contributed by atoms with van der Waals surface area (Å²) >= 11 is 0. The molecule has 1 rings (SSSR count). The Bertz CT molecular complexity index is 503. The first-order chi connectivity index (χ1) is 11.0. The number of hydrogen-bond donors (Lipinski definition) is 2. The van der Waals surface area contributed by atoms with Gasteiger partial charge in [-0.1, -0.05) is 0 Å². The van der Waals surface area contributed by atoms with Gasteiger partial charge in [0.1, 0.15) is 0 Å². The van der Waals surface area contributed by atoms with Crippen molar-refractivity contribution in [2.24, 2.45) is 12.0 Å². The molecular weight excluding hydrogens is 419 g/mol. The van der Waals surface area contributed by atoms with E-state index in [0.717, 1.165) is 50.9 Å². The number of halogens is 1. The fourth-order valence-corrected chi connectivity index (χ4v) is 2.42. The second kappa shape index (κ2) is 12.5. The molecule has 0 radical (unpaired) electrons. The fourth-order valence-electron chi connectivity index (χ4n) is 2.42. The number of nitrogens with one attached hydrogen (secondary N) is 2. The van der Waals surface area contributed by atoms with Gasteiger partial charge in [-0.2, -0.15) is 5.10 Å². The Balaban J connectivity index is 0.00000529. The molecule has 1 aromatic rings. The maximum atomic E-state index is 5.07. The van der Waals surface area contributed by atoms with Crippen LogP contribution in [0.3, 0.4) is 0 Å². The predicted octanol–water partition coefficient (Wildman–Crippen LogP) is 1.29. The minimum absolute atomic E-state index is 0. The van der Waals surface area contributed by atoms with Crippen LogP contribution in [0.1, 0.15) is 23.4 Å². The SMILES string of the molecule is CN=C(NCCN(C)CCCOC)NCc1c(C)nn(C)c1C.I. The Hall–Kier alpha value is -0.870. The molecule has 0 aliphatic rings. The lowest BCUT2D eigenvalue weighted by molar-refractivity contribution is 0.180. The van der Waals surface area contributed by atoms with Gasteiger partial charge in [-0.15, -0.1) is 24.0 Å². The third-order valence-corrected chi connectivity index (χ3v) is 3.99. The summed E-state index contributed by atoms with van der Waals surface area (Å²) < 4.78 is 6.98. The summed E-state index contributed by atoms with van der Waals surface area (Å²) in [6.07, 6.45) is 1.06. The molecule has 0 aromatic carbocycles. The highest BCUT2D eigenvalue weighted by atomic mass is 127. The first-order valence-corrected chi connectivity index (χ1v) is 8.10. The van der Waals surface area contributed by atoms with Crippen LogP contribution in [0, 0.1) is 13.8 Å². The molecule has 2 N–H and O–H groups in total. The van der Waals surface area contributed by atoms with E-state index in [2.05, 4.69) is 39.6 Å². The lowest BCUT2D eigenvalue weighted by Gasteiger charge is -2.18. The Labute approximate surface area is 163 Å². The average Bonchev–Trinajstić information content (AvgIpc) is 2.76. The van der Waals surface area contributed by atoms with Crippen LogP contribution in [0.2, 0.25) is 0 Å². The summed E-state index contributed by atoms with van der Waals surface area (Å²) in [5, 5.41) is 11.1. The quantitative estimate of drug-likeness (QED) is 0.256. The molecule has 0 amide bonds. The van der Waals surface area contributed by atoms with Gasteiger partial charge in [0.05, 0.1) is 5.69 Å². The Kier molecular flexibility index (Phi) is 12.0. The molecule has 0 saturated heterocycles. The van der Waals surface area contributed by atoms with Crippen LogP contribution >= 0.6 is 24.0 Å². The smallest absolute Gasteiger partial charge is 0.191 e. The van der Waals surface area contributed by atoms with Gasteiger partial charge in [0.25, 0.3) is 0 Å². The fraction of sp³-hybridized carbons (Fsp3) is 0.750. The van der Waals surface area contributed by atoms with Crippen molar-refractivity contribution in [3.05, 3.63) is 17.0 Å². The van der Waals surface area contributed by atoms with Crippen molar-refractivity contribution in [1.29, 1.82) is 0 Å². The highest BCUT2D eigenvalue weighted by Crippen LogP contribution is 2.10. The molecule has 1 aromatic heterocycles. The van der Waals surface area contributed by atoms with Gasteiger partial charge in [-0.3, -0.25) is 9.67 Å². The molecule has 0 aliphatic carbocycles. The molecule has 0 fully saturated rings. The molecule has 0 unspecified atom stereocenters. The van der Waals surface area contributed by atoms with E-state index in [1.807, 2.05) is 18.7 Å². The van der Waals surface area contributed by atoms with Crippen LogP contribution in [0.5, 0.6) is 0 Å². The number of guanidine groups is 1. The Morgan fingerprint density at radius 1 is 1.29 bits per heavy atom. The number of aryl methyl sites for hydroxylation is 2. The van der Waals surface area contributed by atoms with Gasteiger partial charge < -0.3 is 20.3 Å². The van der Waals surface area contributed by atoms with E-state index in [9.17, 15) is 0 Å². The van der Waals surface area contributed by atoms with E-state index in [-0.39, 0.29) is 24.0 Å². The number of hydrogen-bond acceptors (Lipinski definition) is 4. The third-order valence-electron chi connectivity index (χ3n) is 3.99. The van der Waals surface area contributed by atoms with Gasteiger partial charge in [0, 0.05) is 65.2 Å². The topological polar surface area (TPSA) is 66.7 Å². The summed E-state index contributed by atoms with van der Waals surface area (Å²) in [5.41, 5.74) is 3.47. The third kappa shape index (κ3) is 7.80. The van der Waals surface area contributed by atoms with Gasteiger partial charge in [-0.25, -0.2) is 0 Å². The molecule has 0 aliphatic heterocycles. The molecule has 24 heavy (non-hydrogen) atoms. The van der Waals surface area contributed by atoms with E-state index in [1.54, 1.807) is 14.2 Å². The van der Waals surface area contributed by atoms with E-state index < -0.39 is 0 Å². The summed E-state index contributed by atoms with van der Waals surface area (Å²) in [4.78, 5) is 6.56. The molecule has 8 heteroatoms. The van der Waals surface area contributed by atoms with E-state index in [1.165, 1.54) is 11.3 Å². The number of rotatable bonds is 9. The highest BCUT2D eigenvalue weighted by Gasteiger charge is 2.09. The molecule has 0 bridgehead atoms. The van der Waals surface area contributed by atoms with Crippen LogP contribution in [-0.4, -0.2) is 68.1 Å². The maximum Gasteiger partial charge on any atom is 0.191 e. The largest absolute Gasteiger partial charge is 0.385 e. The highest BCUT2D eigenvalue weighted by molar-refractivity contribution is 14.0. The van der Waals surface area contributed by atoms with Gasteiger partial charge in [0.2, 0.25) is 0 Å². The number of aromatic nitrogens is 2. The first kappa shape index (κ1) is 23.1. The molecule has 1 heterocycles. The molecule has 0 saturated carbocycles. The minimum atomic E-state index is 0. The Morgan fingerprint density at radius 3 is 2.54 bits per heavy atom. The van der Waals surface area contributed by atoms with Crippen LogP contribution in [0.15, 0.2) is 4.99 Å². The zero-order valence-corrected chi connectivity index (χ0v) is 18.2. The van der Waals surface area contributed by atoms with E-state index in [4.69, 9.17) is 4.74 Å². The van der Waals surface area contributed by atoms with Crippen molar-refractivity contribution in [2.45, 2.75) is 26.8 Å². The lowest BCUT2D eigenvalue weighted by Crippen LogP contribution is -2.40. The monoisotopic (exact) mass is 452 g/mol. The van der Waals surface area contributed by atoms with Crippen LogP contribution in [-0.2, 0) is 18.3 Å². The minimum Gasteiger partial charge on any atom is -0.385 e. The normalized spacial score (nSPS) is 11.5. The van der Waals surface area contributed by atoms with Crippen LogP contribution in [0.25, 0.3) is 0 Å². The average molecular weight is 452 g/mol. The number of aliphatic imine (C=N–C) groups is 1. The van der Waals surface area contributed by atoms with E-state index in [0.29, 0.717) is 0 Å². The summed E-state index contributed by atoms with van der Waals surface area (Å²) in [6, 6.07) is 0. The van der Waals surface area contributed by atoms with Crippen molar-refractivity contribution in [3.63, 3.8) is 0 Å². The van der Waals surface area contributed by atoms with Crippen molar-refractivity contribution >= 4 is 29.9 Å². The summed E-state index contributed by atoms with van der Waals surface area (Å²) in [6.45, 7) is 8.52. The first-order valence-electron chi connectivity index (χ1n) is 8.10. The maximum absolute atomic E-state index is 5.07. The van der Waals surface area contributed by atoms with Gasteiger partial charge >= 0.3 is 0 Å². The molecule has 140 valence electrons. The second-order valence-corrected chi connectivity index (χ2v) is 5.78. The summed E-state index contributed by atoms with van der Waals surface area (Å²) in [7, 11) is 7.62. The zero-order chi connectivity index (χ0) is 17.2. The van der Waals surface area contributed by atoms with Crippen LogP contribution in [0.4, 0.5) is 0 Å². The predicted molar refractivity (Wildman–Crippen MR) is 110 cm³/mol. The standard InChI is InChI=1S/C16H32N6O.HI/c1-13-15(14(2)22(5)20-13)12-19-16(17-3)18-8-10-21(4)9-7-11-23-6;/h7-12H2,1-6H3,(H2,17,18,19);1H. The number of methoxy groups -OCH3 is 1.